The smallest absolute Gasteiger partial charge is 0.138 e. The van der Waals surface area contributed by atoms with Gasteiger partial charge < -0.3 is 10.1 Å². The van der Waals surface area contributed by atoms with Crippen LogP contribution >= 0.6 is 15.9 Å². The topological polar surface area (TPSA) is 38.3 Å². The Morgan fingerprint density at radius 2 is 2.39 bits per heavy atom. The lowest BCUT2D eigenvalue weighted by molar-refractivity contribution is -0.118. The van der Waals surface area contributed by atoms with Gasteiger partial charge in [-0.2, -0.15) is 0 Å². The molecule has 1 atom stereocenters. The fourth-order valence-corrected chi connectivity index (χ4v) is 2.69. The van der Waals surface area contributed by atoms with E-state index < -0.39 is 0 Å². The lowest BCUT2D eigenvalue weighted by Crippen LogP contribution is -2.25. The van der Waals surface area contributed by atoms with Crippen molar-refractivity contribution in [2.75, 3.05) is 13.7 Å². The predicted octanol–water partition coefficient (Wildman–Crippen LogP) is 2.71. The molecule has 0 aromatic heterocycles. The van der Waals surface area contributed by atoms with E-state index in [0.717, 1.165) is 28.8 Å². The van der Waals surface area contributed by atoms with Crippen LogP contribution in [0, 0.1) is 0 Å². The number of benzene rings is 1. The molecule has 1 unspecified atom stereocenters. The van der Waals surface area contributed by atoms with E-state index in [9.17, 15) is 4.79 Å². The molecule has 2 rings (SSSR count). The van der Waals surface area contributed by atoms with Crippen LogP contribution in [0.5, 0.6) is 5.75 Å². The summed E-state index contributed by atoms with van der Waals surface area (Å²) in [5.41, 5.74) is 0.998. The summed E-state index contributed by atoms with van der Waals surface area (Å²) in [6, 6.07) is 6.11. The predicted molar refractivity (Wildman–Crippen MR) is 75.0 cm³/mol. The second-order valence-electron chi connectivity index (χ2n) is 4.67. The van der Waals surface area contributed by atoms with Gasteiger partial charge in [0, 0.05) is 23.4 Å². The summed E-state index contributed by atoms with van der Waals surface area (Å²) in [6.07, 6.45) is 3.39. The van der Waals surface area contributed by atoms with Gasteiger partial charge in [0.15, 0.2) is 0 Å². The molecule has 1 N–H and O–H groups in total. The van der Waals surface area contributed by atoms with E-state index in [1.54, 1.807) is 7.11 Å². The maximum absolute atomic E-state index is 12.0. The molecule has 0 radical (unpaired) electrons. The van der Waals surface area contributed by atoms with Crippen LogP contribution in [0.4, 0.5) is 0 Å². The van der Waals surface area contributed by atoms with Crippen molar-refractivity contribution in [3.8, 4) is 5.75 Å². The van der Waals surface area contributed by atoms with Gasteiger partial charge in [-0.15, -0.1) is 0 Å². The Bertz CT molecular complexity index is 428. The summed E-state index contributed by atoms with van der Waals surface area (Å²) in [5, 5.41) is 3.35. The maximum Gasteiger partial charge on any atom is 0.138 e. The number of hydrogen-bond donors (Lipinski definition) is 1. The number of ketones is 1. The molecule has 1 heterocycles. The summed E-state index contributed by atoms with van der Waals surface area (Å²) in [5.74, 6) is 1.07. The number of ether oxygens (including phenoxy) is 1. The molecule has 0 saturated carbocycles. The Labute approximate surface area is 116 Å². The molecule has 1 fully saturated rings. The molecule has 1 aromatic rings. The van der Waals surface area contributed by atoms with Crippen LogP contribution in [0.1, 0.15) is 24.8 Å². The number of methoxy groups -OCH3 is 1. The van der Waals surface area contributed by atoms with Gasteiger partial charge in [-0.3, -0.25) is 4.79 Å². The summed E-state index contributed by atoms with van der Waals surface area (Å²) >= 11 is 3.48. The van der Waals surface area contributed by atoms with Crippen molar-refractivity contribution < 1.29 is 9.53 Å². The second kappa shape index (κ2) is 6.34. The van der Waals surface area contributed by atoms with Gasteiger partial charge in [-0.1, -0.05) is 15.9 Å². The fourth-order valence-electron chi connectivity index (χ4n) is 2.30. The third kappa shape index (κ3) is 3.56. The van der Waals surface area contributed by atoms with Crippen LogP contribution in [0.25, 0.3) is 0 Å². The maximum atomic E-state index is 12.0. The number of carbonyl (C=O) groups is 1. The van der Waals surface area contributed by atoms with Crippen molar-refractivity contribution in [3.05, 3.63) is 28.2 Å². The first-order valence-electron chi connectivity index (χ1n) is 6.26. The normalized spacial score (nSPS) is 18.9. The van der Waals surface area contributed by atoms with Crippen molar-refractivity contribution in [1.82, 2.24) is 5.32 Å². The zero-order valence-corrected chi connectivity index (χ0v) is 12.1. The molecule has 1 aromatic carbocycles. The van der Waals surface area contributed by atoms with E-state index in [4.69, 9.17) is 4.74 Å². The highest BCUT2D eigenvalue weighted by molar-refractivity contribution is 9.10. The number of carbonyl (C=O) groups excluding carboxylic acids is 1. The zero-order chi connectivity index (χ0) is 13.0. The van der Waals surface area contributed by atoms with Gasteiger partial charge in [0.05, 0.1) is 7.11 Å². The van der Waals surface area contributed by atoms with Crippen molar-refractivity contribution >= 4 is 21.7 Å². The van der Waals surface area contributed by atoms with Crippen molar-refractivity contribution in [2.45, 2.75) is 31.7 Å². The summed E-state index contributed by atoms with van der Waals surface area (Å²) < 4.78 is 6.15. The van der Waals surface area contributed by atoms with E-state index in [1.165, 1.54) is 6.42 Å². The zero-order valence-electron chi connectivity index (χ0n) is 10.5. The number of Topliss-reactive ketones (excluding diaryl/α,β-unsaturated/α-hetero) is 1. The van der Waals surface area contributed by atoms with Gasteiger partial charge in [0.1, 0.15) is 11.5 Å². The highest BCUT2D eigenvalue weighted by Crippen LogP contribution is 2.23. The van der Waals surface area contributed by atoms with E-state index in [1.807, 2.05) is 18.2 Å². The molecule has 1 aliphatic rings. The molecular weight excluding hydrogens is 294 g/mol. The van der Waals surface area contributed by atoms with Gasteiger partial charge in [0.2, 0.25) is 0 Å². The molecule has 1 saturated heterocycles. The number of hydrogen-bond acceptors (Lipinski definition) is 3. The van der Waals surface area contributed by atoms with Crippen LogP contribution in [0.3, 0.4) is 0 Å². The van der Waals surface area contributed by atoms with Crippen LogP contribution in [-0.2, 0) is 11.2 Å². The SMILES string of the molecule is COc1ccc(Br)c(CC(=O)CC2CCCN2)c1. The van der Waals surface area contributed by atoms with Gasteiger partial charge in [-0.05, 0) is 43.1 Å². The van der Waals surface area contributed by atoms with Crippen LogP contribution in [0.2, 0.25) is 0 Å². The largest absolute Gasteiger partial charge is 0.497 e. The highest BCUT2D eigenvalue weighted by Gasteiger charge is 2.18. The van der Waals surface area contributed by atoms with Crippen LogP contribution in [0.15, 0.2) is 22.7 Å². The first kappa shape index (κ1) is 13.6. The molecule has 0 spiro atoms. The minimum absolute atomic E-state index is 0.281. The minimum Gasteiger partial charge on any atom is -0.497 e. The molecule has 0 aliphatic carbocycles. The second-order valence-corrected chi connectivity index (χ2v) is 5.52. The Hall–Kier alpha value is -0.870. The number of nitrogens with one attached hydrogen (secondary N) is 1. The molecule has 18 heavy (non-hydrogen) atoms. The Morgan fingerprint density at radius 3 is 3.06 bits per heavy atom. The van der Waals surface area contributed by atoms with Gasteiger partial charge in [0.25, 0.3) is 0 Å². The van der Waals surface area contributed by atoms with E-state index in [0.29, 0.717) is 18.9 Å². The van der Waals surface area contributed by atoms with Crippen LogP contribution in [-0.4, -0.2) is 25.5 Å². The van der Waals surface area contributed by atoms with Gasteiger partial charge >= 0.3 is 0 Å². The molecule has 3 nitrogen and oxygen atoms in total. The average molecular weight is 312 g/mol. The highest BCUT2D eigenvalue weighted by atomic mass is 79.9. The molecule has 4 heteroatoms. The van der Waals surface area contributed by atoms with Crippen molar-refractivity contribution in [2.24, 2.45) is 0 Å². The summed E-state index contributed by atoms with van der Waals surface area (Å²) in [7, 11) is 1.64. The molecule has 1 aliphatic heterocycles. The molecule has 98 valence electrons. The van der Waals surface area contributed by atoms with E-state index in [2.05, 4.69) is 21.2 Å². The third-order valence-electron chi connectivity index (χ3n) is 3.28. The van der Waals surface area contributed by atoms with E-state index in [-0.39, 0.29) is 5.78 Å². The first-order valence-corrected chi connectivity index (χ1v) is 7.06. The standard InChI is InChI=1S/C14H18BrNO2/c1-18-13-4-5-14(15)10(8-13)7-12(17)9-11-3-2-6-16-11/h4-5,8,11,16H,2-3,6-7,9H2,1H3. The number of halogens is 1. The average Bonchev–Trinajstić information content (AvgIpc) is 2.84. The summed E-state index contributed by atoms with van der Waals surface area (Å²) in [6.45, 7) is 1.04. The number of rotatable bonds is 5. The van der Waals surface area contributed by atoms with Crippen molar-refractivity contribution in [3.63, 3.8) is 0 Å². The van der Waals surface area contributed by atoms with Crippen molar-refractivity contribution in [1.29, 1.82) is 0 Å². The summed E-state index contributed by atoms with van der Waals surface area (Å²) in [4.78, 5) is 12.0. The van der Waals surface area contributed by atoms with Crippen LogP contribution < -0.4 is 10.1 Å². The Kier molecular flexibility index (Phi) is 4.78. The molecular formula is C14H18BrNO2. The monoisotopic (exact) mass is 311 g/mol. The Balaban J connectivity index is 1.97. The Morgan fingerprint density at radius 1 is 1.56 bits per heavy atom. The first-order chi connectivity index (χ1) is 8.69. The van der Waals surface area contributed by atoms with E-state index >= 15 is 0 Å². The lowest BCUT2D eigenvalue weighted by Gasteiger charge is -2.10. The lowest BCUT2D eigenvalue weighted by atomic mass is 10.0. The quantitative estimate of drug-likeness (QED) is 0.908. The molecule has 0 bridgehead atoms. The fraction of sp³-hybridized carbons (Fsp3) is 0.500. The third-order valence-corrected chi connectivity index (χ3v) is 4.05. The molecule has 0 amide bonds. The minimum atomic E-state index is 0.281. The van der Waals surface area contributed by atoms with Gasteiger partial charge in [-0.25, -0.2) is 0 Å².